The van der Waals surface area contributed by atoms with Gasteiger partial charge in [0, 0.05) is 36.3 Å². The molecular formula is C23H25FN6OS. The minimum Gasteiger partial charge on any atom is -0.337 e. The standard InChI is InChI=1S/C23H25FN6OS/c24-17-5-1-2-6-19(17)30-18-7-3-4-16(18)20(27-30)22(31)28-12-10-14(11-13-28)21-25-26-23(32)29(21)15-8-9-15/h1-2,5-6,14-15H,3-4,7-13H2,(H,26,32). The number of nitrogens with one attached hydrogen (secondary N) is 1. The Labute approximate surface area is 190 Å². The van der Waals surface area contributed by atoms with Gasteiger partial charge in [-0.15, -0.1) is 0 Å². The molecule has 2 fully saturated rings. The van der Waals surface area contributed by atoms with Crippen LogP contribution in [0.1, 0.15) is 71.6 Å². The van der Waals surface area contributed by atoms with Gasteiger partial charge in [-0.3, -0.25) is 9.89 Å². The van der Waals surface area contributed by atoms with Gasteiger partial charge in [0.2, 0.25) is 0 Å². The molecule has 2 aromatic heterocycles. The number of nitrogens with zero attached hydrogens (tertiary/aromatic N) is 5. The van der Waals surface area contributed by atoms with E-state index in [1.54, 1.807) is 22.9 Å². The summed E-state index contributed by atoms with van der Waals surface area (Å²) < 4.78 is 19.0. The molecule has 7 nitrogen and oxygen atoms in total. The van der Waals surface area contributed by atoms with Crippen LogP contribution < -0.4 is 0 Å². The molecule has 2 aliphatic carbocycles. The Morgan fingerprint density at radius 1 is 1.12 bits per heavy atom. The van der Waals surface area contributed by atoms with Crippen LogP contribution in [0.5, 0.6) is 0 Å². The second kappa shape index (κ2) is 7.65. The lowest BCUT2D eigenvalue weighted by Gasteiger charge is -2.31. The average Bonchev–Trinajstić information content (AvgIpc) is 3.23. The van der Waals surface area contributed by atoms with Crippen molar-refractivity contribution >= 4 is 18.1 Å². The van der Waals surface area contributed by atoms with E-state index in [9.17, 15) is 9.18 Å². The average molecular weight is 453 g/mol. The zero-order valence-electron chi connectivity index (χ0n) is 17.8. The molecule has 0 atom stereocenters. The van der Waals surface area contributed by atoms with Crippen molar-refractivity contribution in [2.75, 3.05) is 13.1 Å². The molecule has 1 amide bonds. The van der Waals surface area contributed by atoms with E-state index in [1.807, 2.05) is 4.90 Å². The van der Waals surface area contributed by atoms with Crippen molar-refractivity contribution in [2.24, 2.45) is 0 Å². The van der Waals surface area contributed by atoms with Crippen molar-refractivity contribution in [2.45, 2.75) is 56.9 Å². The number of aromatic amines is 1. The fraction of sp³-hybridized carbons (Fsp3) is 0.478. The molecule has 1 aliphatic heterocycles. The zero-order chi connectivity index (χ0) is 21.8. The molecule has 0 radical (unpaired) electrons. The van der Waals surface area contributed by atoms with Gasteiger partial charge < -0.3 is 9.47 Å². The Hall–Kier alpha value is -2.81. The molecule has 9 heteroatoms. The molecule has 1 aromatic carbocycles. The van der Waals surface area contributed by atoms with Gasteiger partial charge in [0.15, 0.2) is 10.5 Å². The first-order valence-electron chi connectivity index (χ1n) is 11.4. The van der Waals surface area contributed by atoms with Gasteiger partial charge in [-0.2, -0.15) is 10.2 Å². The largest absolute Gasteiger partial charge is 0.337 e. The number of para-hydroxylation sites is 1. The summed E-state index contributed by atoms with van der Waals surface area (Å²) in [6.45, 7) is 1.32. The highest BCUT2D eigenvalue weighted by atomic mass is 32.1. The first-order valence-corrected chi connectivity index (χ1v) is 11.8. The van der Waals surface area contributed by atoms with Crippen molar-refractivity contribution < 1.29 is 9.18 Å². The molecule has 1 N–H and O–H groups in total. The van der Waals surface area contributed by atoms with Crippen molar-refractivity contribution in [3.8, 4) is 5.69 Å². The lowest BCUT2D eigenvalue weighted by molar-refractivity contribution is 0.0702. The number of amides is 1. The number of hydrogen-bond donors (Lipinski definition) is 1. The van der Waals surface area contributed by atoms with E-state index in [-0.39, 0.29) is 11.7 Å². The van der Waals surface area contributed by atoms with Crippen LogP contribution in [0.2, 0.25) is 0 Å². The Morgan fingerprint density at radius 2 is 1.91 bits per heavy atom. The molecule has 32 heavy (non-hydrogen) atoms. The highest BCUT2D eigenvalue weighted by molar-refractivity contribution is 7.71. The SMILES string of the molecule is O=C(c1nn(-c2ccccc2F)c2c1CCC2)N1CCC(c2n[nH]c(=S)n2C2CC2)CC1. The molecule has 0 bridgehead atoms. The second-order valence-corrected chi connectivity index (χ2v) is 9.43. The van der Waals surface area contributed by atoms with Gasteiger partial charge in [-0.25, -0.2) is 9.07 Å². The van der Waals surface area contributed by atoms with Crippen LogP contribution in [-0.4, -0.2) is 48.4 Å². The van der Waals surface area contributed by atoms with Crippen molar-refractivity contribution in [3.05, 3.63) is 57.6 Å². The number of likely N-dealkylation sites (tertiary alicyclic amines) is 1. The van der Waals surface area contributed by atoms with Crippen LogP contribution in [0.3, 0.4) is 0 Å². The third-order valence-electron chi connectivity index (χ3n) is 7.00. The highest BCUT2D eigenvalue weighted by Gasteiger charge is 2.35. The monoisotopic (exact) mass is 452 g/mol. The summed E-state index contributed by atoms with van der Waals surface area (Å²) in [5.41, 5.74) is 2.84. The number of rotatable bonds is 4. The van der Waals surface area contributed by atoms with E-state index in [0.29, 0.717) is 41.2 Å². The smallest absolute Gasteiger partial charge is 0.274 e. The summed E-state index contributed by atoms with van der Waals surface area (Å²) in [7, 11) is 0. The Morgan fingerprint density at radius 3 is 2.66 bits per heavy atom. The highest BCUT2D eigenvalue weighted by Crippen LogP contribution is 2.39. The maximum absolute atomic E-state index is 14.4. The molecule has 3 aromatic rings. The Kier molecular flexibility index (Phi) is 4.74. The fourth-order valence-corrected chi connectivity index (χ4v) is 5.50. The van der Waals surface area contributed by atoms with Crippen molar-refractivity contribution in [1.82, 2.24) is 29.4 Å². The Bertz CT molecular complexity index is 1250. The number of carbonyl (C=O) groups excluding carboxylic acids is 1. The summed E-state index contributed by atoms with van der Waals surface area (Å²) in [6, 6.07) is 7.10. The molecule has 6 rings (SSSR count). The number of carbonyl (C=O) groups is 1. The van der Waals surface area contributed by atoms with Crippen LogP contribution in [0.15, 0.2) is 24.3 Å². The summed E-state index contributed by atoms with van der Waals surface area (Å²) in [4.78, 5) is 15.3. The van der Waals surface area contributed by atoms with Gasteiger partial charge in [-0.05, 0) is 69.3 Å². The number of piperidine rings is 1. The van der Waals surface area contributed by atoms with E-state index >= 15 is 0 Å². The molecule has 3 aliphatic rings. The Balaban J connectivity index is 1.23. The summed E-state index contributed by atoms with van der Waals surface area (Å²) in [5.74, 6) is 0.968. The number of aromatic nitrogens is 5. The van der Waals surface area contributed by atoms with E-state index in [2.05, 4.69) is 19.9 Å². The first kappa shape index (κ1) is 19.8. The topological polar surface area (TPSA) is 71.7 Å². The minimum absolute atomic E-state index is 0.0438. The summed E-state index contributed by atoms with van der Waals surface area (Å²) >= 11 is 5.43. The number of fused-ring (bicyclic) bond motifs is 1. The predicted octanol–water partition coefficient (Wildman–Crippen LogP) is 4.11. The molecule has 1 saturated carbocycles. The third-order valence-corrected chi connectivity index (χ3v) is 7.29. The molecule has 166 valence electrons. The zero-order valence-corrected chi connectivity index (χ0v) is 18.6. The minimum atomic E-state index is -0.325. The van der Waals surface area contributed by atoms with E-state index in [1.165, 1.54) is 6.07 Å². The molecule has 0 spiro atoms. The summed E-state index contributed by atoms with van der Waals surface area (Å²) in [5, 5.41) is 12.1. The van der Waals surface area contributed by atoms with Crippen LogP contribution in [0.25, 0.3) is 5.69 Å². The van der Waals surface area contributed by atoms with Crippen LogP contribution >= 0.6 is 12.2 Å². The van der Waals surface area contributed by atoms with Gasteiger partial charge in [-0.1, -0.05) is 12.1 Å². The van der Waals surface area contributed by atoms with Crippen LogP contribution in [0, 0.1) is 10.6 Å². The van der Waals surface area contributed by atoms with Crippen LogP contribution in [0.4, 0.5) is 4.39 Å². The lowest BCUT2D eigenvalue weighted by Crippen LogP contribution is -2.39. The predicted molar refractivity (Wildman–Crippen MR) is 119 cm³/mol. The second-order valence-electron chi connectivity index (χ2n) is 9.05. The number of benzene rings is 1. The molecule has 3 heterocycles. The number of H-pyrrole nitrogens is 1. The van der Waals surface area contributed by atoms with E-state index in [4.69, 9.17) is 12.2 Å². The number of halogens is 1. The quantitative estimate of drug-likeness (QED) is 0.605. The molecule has 1 saturated heterocycles. The van der Waals surface area contributed by atoms with Gasteiger partial charge in [0.1, 0.15) is 17.3 Å². The molecular weight excluding hydrogens is 427 g/mol. The maximum atomic E-state index is 14.4. The van der Waals surface area contributed by atoms with E-state index < -0.39 is 0 Å². The van der Waals surface area contributed by atoms with E-state index in [0.717, 1.165) is 62.0 Å². The maximum Gasteiger partial charge on any atom is 0.274 e. The first-order chi connectivity index (χ1) is 15.6. The van der Waals surface area contributed by atoms with Gasteiger partial charge >= 0.3 is 0 Å². The lowest BCUT2D eigenvalue weighted by atomic mass is 9.95. The summed E-state index contributed by atoms with van der Waals surface area (Å²) in [6.07, 6.45) is 6.63. The number of hydrogen-bond acceptors (Lipinski definition) is 4. The molecule has 0 unspecified atom stereocenters. The van der Waals surface area contributed by atoms with Crippen molar-refractivity contribution in [1.29, 1.82) is 0 Å². The van der Waals surface area contributed by atoms with Gasteiger partial charge in [0.25, 0.3) is 5.91 Å². The van der Waals surface area contributed by atoms with Crippen LogP contribution in [-0.2, 0) is 12.8 Å². The third kappa shape index (κ3) is 3.21. The fourth-order valence-electron chi connectivity index (χ4n) is 5.21. The van der Waals surface area contributed by atoms with Gasteiger partial charge in [0.05, 0.1) is 0 Å². The van der Waals surface area contributed by atoms with Crippen molar-refractivity contribution in [3.63, 3.8) is 0 Å². The normalized spacial score (nSPS) is 18.8.